The van der Waals surface area contributed by atoms with Crippen LogP contribution in [0.15, 0.2) is 0 Å². The van der Waals surface area contributed by atoms with Gasteiger partial charge in [-0.2, -0.15) is 0 Å². The van der Waals surface area contributed by atoms with Gasteiger partial charge in [-0.25, -0.2) is 9.97 Å². The highest BCUT2D eigenvalue weighted by atomic mass is 35.5. The molecule has 0 aliphatic rings. The zero-order valence-corrected chi connectivity index (χ0v) is 12.3. The maximum Gasteiger partial charge on any atom is 0.137 e. The van der Waals surface area contributed by atoms with Crippen LogP contribution in [-0.2, 0) is 6.42 Å². The van der Waals surface area contributed by atoms with E-state index in [4.69, 9.17) is 11.6 Å². The average molecular weight is 272 g/mol. The Balaban J connectivity index is 3.07. The van der Waals surface area contributed by atoms with E-state index in [1.54, 1.807) is 0 Å². The van der Waals surface area contributed by atoms with E-state index in [1.807, 2.05) is 20.8 Å². The van der Waals surface area contributed by atoms with E-state index >= 15 is 0 Å². The first-order valence-corrected chi connectivity index (χ1v) is 6.75. The minimum absolute atomic E-state index is 0.0493. The fourth-order valence-corrected chi connectivity index (χ4v) is 1.70. The van der Waals surface area contributed by atoms with Crippen LogP contribution in [0.3, 0.4) is 0 Å². The predicted molar refractivity (Wildman–Crippen MR) is 75.2 cm³/mol. The maximum absolute atomic E-state index is 9.44. The molecule has 1 rings (SSSR count). The second-order valence-corrected chi connectivity index (χ2v) is 5.21. The molecule has 0 aliphatic carbocycles. The number of rotatable bonds is 6. The van der Waals surface area contributed by atoms with Gasteiger partial charge in [0.05, 0.1) is 12.1 Å². The Kier molecular flexibility index (Phi) is 5.35. The van der Waals surface area contributed by atoms with Gasteiger partial charge in [-0.05, 0) is 26.7 Å². The largest absolute Gasteiger partial charge is 0.394 e. The highest BCUT2D eigenvalue weighted by Crippen LogP contribution is 2.24. The summed E-state index contributed by atoms with van der Waals surface area (Å²) in [4.78, 5) is 8.74. The number of aliphatic hydroxyl groups is 1. The van der Waals surface area contributed by atoms with Gasteiger partial charge in [0.2, 0.25) is 0 Å². The zero-order chi connectivity index (χ0) is 13.8. The number of nitrogens with zero attached hydrogens (tertiary/aromatic N) is 2. The van der Waals surface area contributed by atoms with Gasteiger partial charge in [-0.3, -0.25) is 0 Å². The molecule has 1 atom stereocenters. The van der Waals surface area contributed by atoms with Gasteiger partial charge < -0.3 is 10.4 Å². The van der Waals surface area contributed by atoms with E-state index in [0.29, 0.717) is 5.15 Å². The molecule has 0 aromatic carbocycles. The first kappa shape index (κ1) is 15.2. The van der Waals surface area contributed by atoms with Gasteiger partial charge in [-0.1, -0.05) is 25.4 Å². The van der Waals surface area contributed by atoms with Crippen LogP contribution in [0.5, 0.6) is 0 Å². The molecule has 0 aliphatic heterocycles. The standard InChI is InChI=1S/C13H22ClN3O/c1-5-7-10-15-11(14)9(3)12(16-10)17-13(4,6-2)8-18/h18H,5-8H2,1-4H3,(H,15,16,17). The molecule has 0 saturated carbocycles. The summed E-state index contributed by atoms with van der Waals surface area (Å²) in [5.41, 5.74) is 0.441. The lowest BCUT2D eigenvalue weighted by Gasteiger charge is -2.28. The molecule has 0 amide bonds. The highest BCUT2D eigenvalue weighted by Gasteiger charge is 2.23. The Morgan fingerprint density at radius 3 is 2.50 bits per heavy atom. The summed E-state index contributed by atoms with van der Waals surface area (Å²) in [6, 6.07) is 0. The van der Waals surface area contributed by atoms with E-state index < -0.39 is 0 Å². The number of aromatic nitrogens is 2. The fourth-order valence-electron chi connectivity index (χ4n) is 1.52. The Labute approximate surface area is 114 Å². The number of aryl methyl sites for hydroxylation is 1. The Bertz CT molecular complexity index is 405. The predicted octanol–water partition coefficient (Wildman–Crippen LogP) is 2.96. The summed E-state index contributed by atoms with van der Waals surface area (Å²) >= 11 is 6.12. The minimum atomic E-state index is -0.383. The molecule has 2 N–H and O–H groups in total. The molecule has 1 aromatic rings. The number of anilines is 1. The van der Waals surface area contributed by atoms with Crippen molar-refractivity contribution in [3.63, 3.8) is 0 Å². The molecule has 18 heavy (non-hydrogen) atoms. The van der Waals surface area contributed by atoms with Gasteiger partial charge in [0.15, 0.2) is 0 Å². The van der Waals surface area contributed by atoms with Crippen LogP contribution in [-0.4, -0.2) is 27.2 Å². The molecule has 1 unspecified atom stereocenters. The molecule has 0 fully saturated rings. The van der Waals surface area contributed by atoms with E-state index in [1.165, 1.54) is 0 Å². The summed E-state index contributed by atoms with van der Waals surface area (Å²) < 4.78 is 0. The molecule has 1 aromatic heterocycles. The van der Waals surface area contributed by atoms with Crippen molar-refractivity contribution >= 4 is 17.4 Å². The number of hydrogen-bond acceptors (Lipinski definition) is 4. The zero-order valence-electron chi connectivity index (χ0n) is 11.5. The van der Waals surface area contributed by atoms with Crippen LogP contribution in [0.2, 0.25) is 5.15 Å². The molecule has 5 heteroatoms. The molecular weight excluding hydrogens is 250 g/mol. The minimum Gasteiger partial charge on any atom is -0.394 e. The van der Waals surface area contributed by atoms with E-state index in [-0.39, 0.29) is 12.1 Å². The van der Waals surface area contributed by atoms with Gasteiger partial charge in [0.25, 0.3) is 0 Å². The van der Waals surface area contributed by atoms with Gasteiger partial charge in [0.1, 0.15) is 16.8 Å². The number of nitrogens with one attached hydrogen (secondary N) is 1. The molecule has 0 bridgehead atoms. The van der Waals surface area contributed by atoms with Gasteiger partial charge in [0, 0.05) is 12.0 Å². The lowest BCUT2D eigenvalue weighted by molar-refractivity contribution is 0.218. The molecule has 0 spiro atoms. The van der Waals surface area contributed by atoms with Gasteiger partial charge in [-0.15, -0.1) is 0 Å². The van der Waals surface area contributed by atoms with Crippen LogP contribution < -0.4 is 5.32 Å². The summed E-state index contributed by atoms with van der Waals surface area (Å²) in [5, 5.41) is 13.2. The Morgan fingerprint density at radius 2 is 2.00 bits per heavy atom. The summed E-state index contributed by atoms with van der Waals surface area (Å²) in [6.45, 7) is 7.99. The van der Waals surface area contributed by atoms with Crippen LogP contribution in [0.4, 0.5) is 5.82 Å². The van der Waals surface area contributed by atoms with Crippen molar-refractivity contribution in [1.29, 1.82) is 0 Å². The Hall–Kier alpha value is -0.870. The van der Waals surface area contributed by atoms with E-state index in [2.05, 4.69) is 22.2 Å². The normalized spacial score (nSPS) is 14.3. The topological polar surface area (TPSA) is 58.0 Å². The number of hydrogen-bond donors (Lipinski definition) is 2. The molecule has 1 heterocycles. The maximum atomic E-state index is 9.44. The van der Waals surface area contributed by atoms with E-state index in [9.17, 15) is 5.11 Å². The lowest BCUT2D eigenvalue weighted by atomic mass is 10.00. The molecule has 0 radical (unpaired) electrons. The second kappa shape index (κ2) is 6.34. The van der Waals surface area contributed by atoms with Crippen molar-refractivity contribution in [3.05, 3.63) is 16.5 Å². The smallest absolute Gasteiger partial charge is 0.137 e. The van der Waals surface area contributed by atoms with Crippen molar-refractivity contribution in [2.24, 2.45) is 0 Å². The third-order valence-electron chi connectivity index (χ3n) is 3.16. The molecule has 0 saturated heterocycles. The fraction of sp³-hybridized carbons (Fsp3) is 0.692. The molecule has 4 nitrogen and oxygen atoms in total. The first-order valence-electron chi connectivity index (χ1n) is 6.37. The number of halogens is 1. The van der Waals surface area contributed by atoms with Crippen molar-refractivity contribution in [2.75, 3.05) is 11.9 Å². The monoisotopic (exact) mass is 271 g/mol. The van der Waals surface area contributed by atoms with Crippen LogP contribution in [0.25, 0.3) is 0 Å². The Morgan fingerprint density at radius 1 is 1.33 bits per heavy atom. The van der Waals surface area contributed by atoms with Crippen molar-refractivity contribution in [2.45, 2.75) is 52.5 Å². The van der Waals surface area contributed by atoms with Crippen LogP contribution in [0.1, 0.15) is 45.0 Å². The van der Waals surface area contributed by atoms with Gasteiger partial charge >= 0.3 is 0 Å². The second-order valence-electron chi connectivity index (χ2n) is 4.85. The highest BCUT2D eigenvalue weighted by molar-refractivity contribution is 6.30. The summed E-state index contributed by atoms with van der Waals surface area (Å²) in [5.74, 6) is 1.46. The molecular formula is C13H22ClN3O. The third kappa shape index (κ3) is 3.56. The SMILES string of the molecule is CCCc1nc(Cl)c(C)c(NC(C)(CC)CO)n1. The quantitative estimate of drug-likeness (QED) is 0.781. The number of aliphatic hydroxyl groups excluding tert-OH is 1. The van der Waals surface area contributed by atoms with Crippen molar-refractivity contribution in [3.8, 4) is 0 Å². The lowest BCUT2D eigenvalue weighted by Crippen LogP contribution is -2.38. The van der Waals surface area contributed by atoms with E-state index in [0.717, 1.165) is 36.5 Å². The third-order valence-corrected chi connectivity index (χ3v) is 3.52. The van der Waals surface area contributed by atoms with Crippen molar-refractivity contribution < 1.29 is 5.11 Å². The van der Waals surface area contributed by atoms with Crippen LogP contribution in [0, 0.1) is 6.92 Å². The van der Waals surface area contributed by atoms with Crippen LogP contribution >= 0.6 is 11.6 Å². The summed E-state index contributed by atoms with van der Waals surface area (Å²) in [7, 11) is 0. The van der Waals surface area contributed by atoms with Crippen molar-refractivity contribution in [1.82, 2.24) is 9.97 Å². The molecule has 102 valence electrons. The average Bonchev–Trinajstić information content (AvgIpc) is 2.35. The summed E-state index contributed by atoms with van der Waals surface area (Å²) in [6.07, 6.45) is 2.58. The first-order chi connectivity index (χ1) is 8.45.